The van der Waals surface area contributed by atoms with Crippen molar-refractivity contribution >= 4 is 23.4 Å². The lowest BCUT2D eigenvalue weighted by molar-refractivity contribution is -0.113. The number of aromatic nitrogens is 3. The first-order valence-corrected chi connectivity index (χ1v) is 9.46. The Morgan fingerprint density at radius 1 is 1.29 bits per heavy atom. The zero-order valence-corrected chi connectivity index (χ0v) is 16.1. The number of hydrogen-bond acceptors (Lipinski definition) is 5. The number of nitrogens with zero attached hydrogens (tertiary/aromatic N) is 3. The molecule has 0 unspecified atom stereocenters. The summed E-state index contributed by atoms with van der Waals surface area (Å²) in [4.78, 5) is 12.2. The normalized spacial score (nSPS) is 10.5. The zero-order chi connectivity index (χ0) is 19.9. The van der Waals surface area contributed by atoms with E-state index in [0.717, 1.165) is 11.3 Å². The molecular weight excluding hydrogens is 379 g/mol. The minimum absolute atomic E-state index is 0.144. The summed E-state index contributed by atoms with van der Waals surface area (Å²) >= 11 is 1.27. The molecule has 3 aromatic rings. The van der Waals surface area contributed by atoms with Gasteiger partial charge in [0, 0.05) is 17.8 Å². The third kappa shape index (κ3) is 4.77. The largest absolute Gasteiger partial charge is 0.497 e. The molecule has 1 amide bonds. The summed E-state index contributed by atoms with van der Waals surface area (Å²) in [7, 11) is 1.61. The van der Waals surface area contributed by atoms with E-state index in [1.165, 1.54) is 36.0 Å². The average Bonchev–Trinajstić information content (AvgIpc) is 3.11. The summed E-state index contributed by atoms with van der Waals surface area (Å²) in [6.45, 7) is 4.28. The molecule has 0 atom stereocenters. The number of carbonyl (C=O) groups excluding carboxylic acids is 1. The lowest BCUT2D eigenvalue weighted by Crippen LogP contribution is -2.14. The van der Waals surface area contributed by atoms with Gasteiger partial charge in [-0.1, -0.05) is 30.0 Å². The lowest BCUT2D eigenvalue weighted by atomic mass is 10.2. The number of anilines is 1. The van der Waals surface area contributed by atoms with Crippen LogP contribution in [-0.4, -0.2) is 33.5 Å². The number of hydrogen-bond donors (Lipinski definition) is 1. The van der Waals surface area contributed by atoms with Gasteiger partial charge in [0.1, 0.15) is 11.6 Å². The molecule has 2 aromatic carbocycles. The first kappa shape index (κ1) is 19.6. The summed E-state index contributed by atoms with van der Waals surface area (Å²) in [6, 6.07) is 13.1. The highest BCUT2D eigenvalue weighted by molar-refractivity contribution is 7.99. The molecule has 0 aliphatic carbocycles. The number of methoxy groups -OCH3 is 1. The van der Waals surface area contributed by atoms with Crippen LogP contribution in [0.25, 0.3) is 11.4 Å². The Kier molecular flexibility index (Phi) is 6.44. The quantitative estimate of drug-likeness (QED) is 0.459. The van der Waals surface area contributed by atoms with Gasteiger partial charge in [0.2, 0.25) is 5.91 Å². The third-order valence-electron chi connectivity index (χ3n) is 3.82. The van der Waals surface area contributed by atoms with Crippen LogP contribution in [0.3, 0.4) is 0 Å². The molecule has 0 aliphatic heterocycles. The van der Waals surface area contributed by atoms with Crippen LogP contribution in [0.15, 0.2) is 66.3 Å². The van der Waals surface area contributed by atoms with E-state index in [1.54, 1.807) is 13.2 Å². The van der Waals surface area contributed by atoms with Crippen molar-refractivity contribution in [3.8, 4) is 17.1 Å². The van der Waals surface area contributed by atoms with Crippen LogP contribution in [0.4, 0.5) is 10.1 Å². The van der Waals surface area contributed by atoms with Crippen molar-refractivity contribution in [3.05, 3.63) is 67.0 Å². The first-order chi connectivity index (χ1) is 13.6. The van der Waals surface area contributed by atoms with Gasteiger partial charge in [-0.05, 0) is 36.4 Å². The van der Waals surface area contributed by atoms with Crippen molar-refractivity contribution in [1.29, 1.82) is 0 Å². The van der Waals surface area contributed by atoms with Crippen molar-refractivity contribution in [3.63, 3.8) is 0 Å². The molecular formula is C20H19FN4O2S. The molecule has 144 valence electrons. The van der Waals surface area contributed by atoms with E-state index >= 15 is 0 Å². The fraction of sp³-hybridized carbons (Fsp3) is 0.150. The standard InChI is InChI=1S/C20H19FN4O2S/c1-3-11-25-19(14-5-4-6-17(12-14)27-2)23-24-20(25)28-13-18(26)22-16-9-7-15(21)8-10-16/h3-10,12H,1,11,13H2,2H3,(H,22,26). The Hall–Kier alpha value is -3.13. The Morgan fingerprint density at radius 3 is 2.79 bits per heavy atom. The predicted octanol–water partition coefficient (Wildman–Crippen LogP) is 4.01. The number of thioether (sulfide) groups is 1. The van der Waals surface area contributed by atoms with Crippen LogP contribution >= 0.6 is 11.8 Å². The Labute approximate surface area is 166 Å². The van der Waals surface area contributed by atoms with E-state index in [2.05, 4.69) is 22.1 Å². The maximum Gasteiger partial charge on any atom is 0.234 e. The fourth-order valence-electron chi connectivity index (χ4n) is 2.53. The molecule has 0 aliphatic rings. The topological polar surface area (TPSA) is 69.0 Å². The van der Waals surface area contributed by atoms with Crippen LogP contribution in [-0.2, 0) is 11.3 Å². The highest BCUT2D eigenvalue weighted by atomic mass is 32.2. The second kappa shape index (κ2) is 9.18. The second-order valence-electron chi connectivity index (χ2n) is 5.78. The van der Waals surface area contributed by atoms with Crippen molar-refractivity contribution in [2.45, 2.75) is 11.7 Å². The second-order valence-corrected chi connectivity index (χ2v) is 6.72. The van der Waals surface area contributed by atoms with E-state index in [4.69, 9.17) is 4.74 Å². The van der Waals surface area contributed by atoms with Crippen LogP contribution in [0.1, 0.15) is 0 Å². The molecule has 8 heteroatoms. The first-order valence-electron chi connectivity index (χ1n) is 8.47. The number of nitrogens with one attached hydrogen (secondary N) is 1. The molecule has 1 aromatic heterocycles. The van der Waals surface area contributed by atoms with Crippen molar-refractivity contribution in [1.82, 2.24) is 14.8 Å². The SMILES string of the molecule is C=CCn1c(SCC(=O)Nc2ccc(F)cc2)nnc1-c1cccc(OC)c1. The van der Waals surface area contributed by atoms with Gasteiger partial charge in [-0.25, -0.2) is 4.39 Å². The Morgan fingerprint density at radius 2 is 2.07 bits per heavy atom. The highest BCUT2D eigenvalue weighted by Gasteiger charge is 2.15. The monoisotopic (exact) mass is 398 g/mol. The van der Waals surface area contributed by atoms with Crippen LogP contribution in [0.5, 0.6) is 5.75 Å². The number of rotatable bonds is 8. The van der Waals surface area contributed by atoms with Crippen LogP contribution < -0.4 is 10.1 Å². The molecule has 1 N–H and O–H groups in total. The van der Waals surface area contributed by atoms with E-state index < -0.39 is 0 Å². The molecule has 0 spiro atoms. The van der Waals surface area contributed by atoms with Crippen molar-refractivity contribution in [2.75, 3.05) is 18.2 Å². The summed E-state index contributed by atoms with van der Waals surface area (Å²) in [5.41, 5.74) is 1.40. The third-order valence-corrected chi connectivity index (χ3v) is 4.78. The molecule has 28 heavy (non-hydrogen) atoms. The van der Waals surface area contributed by atoms with Gasteiger partial charge in [-0.15, -0.1) is 16.8 Å². The van der Waals surface area contributed by atoms with E-state index in [1.807, 2.05) is 28.8 Å². The average molecular weight is 398 g/mol. The minimum atomic E-state index is -0.352. The molecule has 0 radical (unpaired) electrons. The molecule has 0 saturated carbocycles. The van der Waals surface area contributed by atoms with E-state index in [-0.39, 0.29) is 17.5 Å². The Balaban J connectivity index is 1.73. The smallest absolute Gasteiger partial charge is 0.234 e. The summed E-state index contributed by atoms with van der Waals surface area (Å²) < 4.78 is 20.1. The van der Waals surface area contributed by atoms with E-state index in [9.17, 15) is 9.18 Å². The number of ether oxygens (including phenoxy) is 1. The Bertz CT molecular complexity index is 973. The maximum atomic E-state index is 12.9. The molecule has 3 rings (SSSR count). The molecule has 0 saturated heterocycles. The van der Waals surface area contributed by atoms with Gasteiger partial charge in [0.15, 0.2) is 11.0 Å². The highest BCUT2D eigenvalue weighted by Crippen LogP contribution is 2.26. The zero-order valence-electron chi connectivity index (χ0n) is 15.3. The summed E-state index contributed by atoms with van der Waals surface area (Å²) in [5.74, 6) is 0.964. The summed E-state index contributed by atoms with van der Waals surface area (Å²) in [5, 5.41) is 11.8. The van der Waals surface area contributed by atoms with Gasteiger partial charge in [-0.3, -0.25) is 9.36 Å². The fourth-order valence-corrected chi connectivity index (χ4v) is 3.27. The van der Waals surface area contributed by atoms with E-state index in [0.29, 0.717) is 23.2 Å². The lowest BCUT2D eigenvalue weighted by Gasteiger charge is -2.09. The molecule has 0 bridgehead atoms. The van der Waals surface area contributed by atoms with Crippen molar-refractivity contribution < 1.29 is 13.9 Å². The molecule has 0 fully saturated rings. The number of allylic oxidation sites excluding steroid dienone is 1. The van der Waals surface area contributed by atoms with Gasteiger partial charge in [0.05, 0.1) is 12.9 Å². The van der Waals surface area contributed by atoms with Crippen LogP contribution in [0, 0.1) is 5.82 Å². The predicted molar refractivity (Wildman–Crippen MR) is 108 cm³/mol. The van der Waals surface area contributed by atoms with Gasteiger partial charge in [0.25, 0.3) is 0 Å². The molecule has 6 nitrogen and oxygen atoms in total. The molecule has 1 heterocycles. The maximum absolute atomic E-state index is 12.9. The van der Waals surface area contributed by atoms with Crippen LogP contribution in [0.2, 0.25) is 0 Å². The summed E-state index contributed by atoms with van der Waals surface area (Å²) in [6.07, 6.45) is 1.75. The number of amides is 1. The van der Waals surface area contributed by atoms with Gasteiger partial charge < -0.3 is 10.1 Å². The number of benzene rings is 2. The number of halogens is 1. The van der Waals surface area contributed by atoms with Crippen molar-refractivity contribution in [2.24, 2.45) is 0 Å². The van der Waals surface area contributed by atoms with Gasteiger partial charge >= 0.3 is 0 Å². The minimum Gasteiger partial charge on any atom is -0.497 e. The number of carbonyl (C=O) groups is 1. The van der Waals surface area contributed by atoms with Gasteiger partial charge in [-0.2, -0.15) is 0 Å².